The number of amides is 4. The van der Waals surface area contributed by atoms with Gasteiger partial charge in [-0.05, 0) is 80.1 Å². The number of methoxy groups -OCH3 is 1. The summed E-state index contributed by atoms with van der Waals surface area (Å²) in [7, 11) is 1.56. The second-order valence-electron chi connectivity index (χ2n) is 15.6. The van der Waals surface area contributed by atoms with E-state index in [4.69, 9.17) is 9.47 Å². The van der Waals surface area contributed by atoms with Crippen molar-refractivity contribution >= 4 is 29.6 Å². The highest BCUT2D eigenvalue weighted by Gasteiger charge is 2.34. The first kappa shape index (κ1) is 43.2. The summed E-state index contributed by atoms with van der Waals surface area (Å²) in [5, 5.41) is 8.94. The molecule has 0 aliphatic carbocycles. The van der Waals surface area contributed by atoms with Crippen molar-refractivity contribution in [2.24, 2.45) is 5.92 Å². The minimum Gasteiger partial charge on any atom is -0.497 e. The van der Waals surface area contributed by atoms with Crippen LogP contribution in [0.1, 0.15) is 91.4 Å². The Labute approximate surface area is 341 Å². The highest BCUT2D eigenvalue weighted by atomic mass is 16.6. The summed E-state index contributed by atoms with van der Waals surface area (Å²) in [6.45, 7) is 6.43. The molecule has 1 aliphatic rings. The monoisotopic (exact) mass is 788 g/mol. The first-order chi connectivity index (χ1) is 27.9. The van der Waals surface area contributed by atoms with Gasteiger partial charge in [0.05, 0.1) is 13.0 Å². The van der Waals surface area contributed by atoms with E-state index >= 15 is 0 Å². The van der Waals surface area contributed by atoms with E-state index in [-0.39, 0.29) is 55.4 Å². The van der Waals surface area contributed by atoms with Crippen LogP contribution in [0.2, 0.25) is 0 Å². The summed E-state index contributed by atoms with van der Waals surface area (Å²) in [4.78, 5) is 68.1. The van der Waals surface area contributed by atoms with Crippen LogP contribution in [0.15, 0.2) is 109 Å². The van der Waals surface area contributed by atoms with Gasteiger partial charge in [0.2, 0.25) is 17.7 Å². The van der Waals surface area contributed by atoms with E-state index in [9.17, 15) is 24.0 Å². The number of hydrogen-bond acceptors (Lipinski definition) is 7. The highest BCUT2D eigenvalue weighted by molar-refractivity contribution is 5.98. The molecule has 0 spiro atoms. The molecule has 4 amide bonds. The third-order valence-corrected chi connectivity index (χ3v) is 10.3. The van der Waals surface area contributed by atoms with E-state index in [1.165, 1.54) is 0 Å². The lowest BCUT2D eigenvalue weighted by atomic mass is 9.91. The molecule has 3 N–H and O–H groups in total. The number of fused-ring (bicyclic) bond motifs is 1. The molecule has 5 rings (SSSR count). The van der Waals surface area contributed by atoms with Crippen LogP contribution in [0, 0.1) is 5.92 Å². The molecule has 2 atom stereocenters. The number of unbranched alkanes of at least 4 members (excludes halogenated alkanes) is 1. The molecular formula is C47H56N4O7. The molecule has 0 radical (unpaired) electrons. The van der Waals surface area contributed by atoms with Gasteiger partial charge < -0.3 is 30.3 Å². The third-order valence-electron chi connectivity index (χ3n) is 10.3. The van der Waals surface area contributed by atoms with Gasteiger partial charge in [-0.25, -0.2) is 4.79 Å². The number of hydrogen-bond donors (Lipinski definition) is 3. The molecule has 58 heavy (non-hydrogen) atoms. The van der Waals surface area contributed by atoms with Crippen molar-refractivity contribution in [3.63, 3.8) is 0 Å². The molecule has 4 aromatic carbocycles. The van der Waals surface area contributed by atoms with Crippen LogP contribution in [0.3, 0.4) is 0 Å². The van der Waals surface area contributed by atoms with Crippen LogP contribution in [0.5, 0.6) is 5.75 Å². The number of nitrogens with one attached hydrogen (secondary N) is 3. The maximum absolute atomic E-state index is 13.8. The first-order valence-corrected chi connectivity index (χ1v) is 20.1. The third kappa shape index (κ3) is 12.8. The Hall–Kier alpha value is -5.97. The Morgan fingerprint density at radius 1 is 0.724 bits per heavy atom. The van der Waals surface area contributed by atoms with Crippen molar-refractivity contribution in [3.8, 4) is 5.75 Å². The van der Waals surface area contributed by atoms with E-state index in [1.54, 1.807) is 57.0 Å². The van der Waals surface area contributed by atoms with E-state index in [1.807, 2.05) is 84.9 Å². The normalized spacial score (nSPS) is 14.2. The summed E-state index contributed by atoms with van der Waals surface area (Å²) in [6.07, 6.45) is 1.41. The number of benzene rings is 4. The van der Waals surface area contributed by atoms with Crippen molar-refractivity contribution in [2.75, 3.05) is 26.7 Å². The van der Waals surface area contributed by atoms with E-state index < -0.39 is 23.7 Å². The Kier molecular flexibility index (Phi) is 15.6. The number of ketones is 1. The zero-order valence-electron chi connectivity index (χ0n) is 34.0. The van der Waals surface area contributed by atoms with Crippen molar-refractivity contribution in [2.45, 2.75) is 83.4 Å². The molecule has 11 nitrogen and oxygen atoms in total. The van der Waals surface area contributed by atoms with Gasteiger partial charge in [0.1, 0.15) is 17.4 Å². The standard InChI is InChI=1S/C47H56N4O7/c1-47(2,3)58-46(56)50-30-37(44(54)49-31-40(33-15-7-5-8-16-33)34-17-9-6-10-18-34)20-13-14-28-48-45(55)41-29-36-19-11-12-21-38(36)32-51(41)43(53)27-26-42(52)35-22-24-39(57-4)25-23-35/h5-12,15-19,21-25,37,40-41H,13-14,20,26-32H2,1-4H3,(H,48,55)(H,49,54)(H,50,56)/t37-,41+/m1/s1. The number of Topliss-reactive ketones (excluding diaryl/α,β-unsaturated/α-hetero) is 1. The number of carbonyl (C=O) groups excluding carboxylic acids is 5. The molecule has 0 fully saturated rings. The van der Waals surface area contributed by atoms with Gasteiger partial charge in [0.15, 0.2) is 5.78 Å². The van der Waals surface area contributed by atoms with Crippen molar-refractivity contribution in [1.82, 2.24) is 20.9 Å². The molecule has 4 aromatic rings. The van der Waals surface area contributed by atoms with E-state index in [0.717, 1.165) is 22.3 Å². The summed E-state index contributed by atoms with van der Waals surface area (Å²) >= 11 is 0. The van der Waals surface area contributed by atoms with E-state index in [0.29, 0.717) is 50.1 Å². The molecular weight excluding hydrogens is 733 g/mol. The van der Waals surface area contributed by atoms with Gasteiger partial charge in [0.25, 0.3) is 0 Å². The lowest BCUT2D eigenvalue weighted by Gasteiger charge is -2.36. The zero-order valence-corrected chi connectivity index (χ0v) is 34.0. The second kappa shape index (κ2) is 21.0. The fourth-order valence-electron chi connectivity index (χ4n) is 7.14. The molecule has 0 unspecified atom stereocenters. The zero-order chi connectivity index (χ0) is 41.5. The maximum atomic E-state index is 13.8. The molecule has 1 aliphatic heterocycles. The highest BCUT2D eigenvalue weighted by Crippen LogP contribution is 2.26. The van der Waals surface area contributed by atoms with Gasteiger partial charge in [-0.2, -0.15) is 0 Å². The second-order valence-corrected chi connectivity index (χ2v) is 15.6. The Morgan fingerprint density at radius 3 is 1.97 bits per heavy atom. The quantitative estimate of drug-likeness (QED) is 0.0729. The predicted octanol–water partition coefficient (Wildman–Crippen LogP) is 6.99. The molecule has 306 valence electrons. The van der Waals surface area contributed by atoms with E-state index in [2.05, 4.69) is 16.0 Å². The van der Waals surface area contributed by atoms with Gasteiger partial charge >= 0.3 is 6.09 Å². The number of alkyl carbamates (subject to hydrolysis) is 1. The molecule has 1 heterocycles. The molecule has 0 aromatic heterocycles. The Balaban J connectivity index is 1.17. The topological polar surface area (TPSA) is 143 Å². The molecule has 11 heteroatoms. The number of rotatable bonds is 18. The molecule has 0 bridgehead atoms. The van der Waals surface area contributed by atoms with Crippen LogP contribution in [0.25, 0.3) is 0 Å². The van der Waals surface area contributed by atoms with Gasteiger partial charge in [-0.1, -0.05) is 91.3 Å². The predicted molar refractivity (Wildman–Crippen MR) is 223 cm³/mol. The van der Waals surface area contributed by atoms with Crippen LogP contribution >= 0.6 is 0 Å². The smallest absolute Gasteiger partial charge is 0.407 e. The average molecular weight is 789 g/mol. The summed E-state index contributed by atoms with van der Waals surface area (Å²) in [5.74, 6) is -0.831. The lowest BCUT2D eigenvalue weighted by Crippen LogP contribution is -2.52. The van der Waals surface area contributed by atoms with Crippen molar-refractivity contribution in [1.29, 1.82) is 0 Å². The summed E-state index contributed by atoms with van der Waals surface area (Å²) in [6, 6.07) is 33.9. The number of ether oxygens (including phenoxy) is 2. The van der Waals surface area contributed by atoms with Crippen LogP contribution in [-0.4, -0.2) is 72.9 Å². The minimum absolute atomic E-state index is 0.0188. The van der Waals surface area contributed by atoms with Gasteiger partial charge in [-0.3, -0.25) is 19.2 Å². The number of nitrogens with zero attached hydrogens (tertiary/aromatic N) is 1. The van der Waals surface area contributed by atoms with Crippen molar-refractivity contribution in [3.05, 3.63) is 137 Å². The SMILES string of the molecule is COc1ccc(C(=O)CCC(=O)N2Cc3ccccc3C[C@H]2C(=O)NCCCC[C@H](CNC(=O)OC(C)(C)C)C(=O)NCC(c2ccccc2)c2ccccc2)cc1. The first-order valence-electron chi connectivity index (χ1n) is 20.1. The Bertz CT molecular complexity index is 1940. The van der Waals surface area contributed by atoms with Crippen LogP contribution < -0.4 is 20.7 Å². The molecule has 0 saturated carbocycles. The minimum atomic E-state index is -0.725. The fraction of sp³-hybridized carbons (Fsp3) is 0.383. The lowest BCUT2D eigenvalue weighted by molar-refractivity contribution is -0.141. The Morgan fingerprint density at radius 2 is 1.34 bits per heavy atom. The van der Waals surface area contributed by atoms with Gasteiger partial charge in [0, 0.05) is 56.9 Å². The van der Waals surface area contributed by atoms with Gasteiger partial charge in [-0.15, -0.1) is 0 Å². The van der Waals surface area contributed by atoms with Crippen LogP contribution in [0.4, 0.5) is 4.79 Å². The largest absolute Gasteiger partial charge is 0.497 e. The van der Waals surface area contributed by atoms with Crippen LogP contribution in [-0.2, 0) is 32.1 Å². The maximum Gasteiger partial charge on any atom is 0.407 e. The average Bonchev–Trinajstić information content (AvgIpc) is 3.23. The summed E-state index contributed by atoms with van der Waals surface area (Å²) in [5.41, 5.74) is 3.96. The summed E-state index contributed by atoms with van der Waals surface area (Å²) < 4.78 is 10.6. The fourth-order valence-corrected chi connectivity index (χ4v) is 7.14. The molecule has 0 saturated heterocycles. The number of carbonyl (C=O) groups is 5. The van der Waals surface area contributed by atoms with Crippen molar-refractivity contribution < 1.29 is 33.4 Å².